The average Bonchev–Trinajstić information content (AvgIpc) is 2.78. The Morgan fingerprint density at radius 1 is 1.06 bits per heavy atom. The van der Waals surface area contributed by atoms with Crippen LogP contribution in [0, 0.1) is 0 Å². The molecular weight excluding hydrogens is 436 g/mol. The van der Waals surface area contributed by atoms with Gasteiger partial charge in [0, 0.05) is 0 Å². The fourth-order valence-corrected chi connectivity index (χ4v) is 3.74. The van der Waals surface area contributed by atoms with Crippen LogP contribution >= 0.6 is 11.6 Å². The first-order valence-electron chi connectivity index (χ1n) is 10.1. The van der Waals surface area contributed by atoms with E-state index in [2.05, 4.69) is 10.6 Å². The lowest BCUT2D eigenvalue weighted by Crippen LogP contribution is -2.45. The molecule has 1 unspecified atom stereocenters. The van der Waals surface area contributed by atoms with E-state index in [9.17, 15) is 9.59 Å². The molecule has 1 heterocycles. The van der Waals surface area contributed by atoms with Gasteiger partial charge in [0.05, 0.1) is 49.8 Å². The van der Waals surface area contributed by atoms with Crippen LogP contribution in [0.15, 0.2) is 42.0 Å². The molecule has 1 atom stereocenters. The van der Waals surface area contributed by atoms with Crippen LogP contribution in [0.5, 0.6) is 17.2 Å². The Morgan fingerprint density at radius 3 is 2.38 bits per heavy atom. The molecule has 0 spiro atoms. The number of hydrogen-bond donors (Lipinski definition) is 2. The highest BCUT2D eigenvalue weighted by Gasteiger charge is 2.35. The number of urea groups is 1. The monoisotopic (exact) mass is 460 g/mol. The van der Waals surface area contributed by atoms with Gasteiger partial charge < -0.3 is 29.6 Å². The predicted molar refractivity (Wildman–Crippen MR) is 120 cm³/mol. The minimum absolute atomic E-state index is 0.173. The van der Waals surface area contributed by atoms with Crippen molar-refractivity contribution in [3.05, 3.63) is 58.1 Å². The number of amides is 2. The van der Waals surface area contributed by atoms with Crippen LogP contribution in [0.2, 0.25) is 5.02 Å². The molecule has 32 heavy (non-hydrogen) atoms. The molecule has 0 saturated carbocycles. The number of benzene rings is 2. The van der Waals surface area contributed by atoms with Crippen molar-refractivity contribution in [2.24, 2.45) is 0 Å². The van der Waals surface area contributed by atoms with Crippen molar-refractivity contribution in [1.29, 1.82) is 0 Å². The van der Waals surface area contributed by atoms with Crippen LogP contribution in [0.1, 0.15) is 31.0 Å². The summed E-state index contributed by atoms with van der Waals surface area (Å²) in [5, 5.41) is 5.81. The first kappa shape index (κ1) is 23.3. The third-order valence-corrected chi connectivity index (χ3v) is 5.10. The molecule has 3 rings (SSSR count). The van der Waals surface area contributed by atoms with E-state index in [4.69, 9.17) is 30.5 Å². The summed E-state index contributed by atoms with van der Waals surface area (Å²) in [5.74, 6) is 0.849. The van der Waals surface area contributed by atoms with Gasteiger partial charge in [-0.1, -0.05) is 11.6 Å². The zero-order valence-electron chi connectivity index (χ0n) is 18.3. The molecular formula is C23H25ClN2O6. The average molecular weight is 461 g/mol. The summed E-state index contributed by atoms with van der Waals surface area (Å²) in [6.45, 7) is 4.10. The van der Waals surface area contributed by atoms with Crippen molar-refractivity contribution >= 4 is 29.3 Å². The third kappa shape index (κ3) is 4.75. The first-order chi connectivity index (χ1) is 15.4. The second-order valence-corrected chi connectivity index (χ2v) is 7.14. The smallest absolute Gasteiger partial charge is 0.338 e. The zero-order valence-corrected chi connectivity index (χ0v) is 19.0. The molecule has 2 amide bonds. The number of halogens is 1. The molecule has 1 aliphatic rings. The van der Waals surface area contributed by atoms with Crippen molar-refractivity contribution in [2.45, 2.75) is 19.9 Å². The fraction of sp³-hybridized carbons (Fsp3) is 0.304. The molecule has 9 heteroatoms. The molecule has 0 bridgehead atoms. The SMILES string of the molecule is CCOC(=O)C1=C(c2ccc(OC)cc2)NC(=O)NC1c1cc(Cl)c(OC)c(OCC)c1. The van der Waals surface area contributed by atoms with Gasteiger partial charge in [-0.15, -0.1) is 0 Å². The second-order valence-electron chi connectivity index (χ2n) is 6.74. The van der Waals surface area contributed by atoms with Crippen LogP contribution in [-0.2, 0) is 9.53 Å². The minimum atomic E-state index is -0.831. The molecule has 2 N–H and O–H groups in total. The van der Waals surface area contributed by atoms with Gasteiger partial charge in [0.1, 0.15) is 5.75 Å². The molecule has 2 aromatic rings. The molecule has 0 radical (unpaired) electrons. The lowest BCUT2D eigenvalue weighted by Gasteiger charge is -2.30. The van der Waals surface area contributed by atoms with Crippen LogP contribution in [0.3, 0.4) is 0 Å². The molecule has 0 fully saturated rings. The Kier molecular flexibility index (Phi) is 7.48. The Morgan fingerprint density at radius 2 is 1.78 bits per heavy atom. The Balaban J connectivity index is 2.20. The topological polar surface area (TPSA) is 95.1 Å². The summed E-state index contributed by atoms with van der Waals surface area (Å²) >= 11 is 6.42. The molecule has 1 aliphatic heterocycles. The number of carbonyl (C=O) groups excluding carboxylic acids is 2. The van der Waals surface area contributed by atoms with E-state index in [-0.39, 0.29) is 17.2 Å². The lowest BCUT2D eigenvalue weighted by molar-refractivity contribution is -0.138. The number of carbonyl (C=O) groups is 2. The highest BCUT2D eigenvalue weighted by atomic mass is 35.5. The van der Waals surface area contributed by atoms with E-state index in [0.29, 0.717) is 40.7 Å². The number of rotatable bonds is 8. The molecule has 0 aliphatic carbocycles. The summed E-state index contributed by atoms with van der Waals surface area (Å²) < 4.78 is 21.5. The van der Waals surface area contributed by atoms with Gasteiger partial charge in [0.15, 0.2) is 11.5 Å². The van der Waals surface area contributed by atoms with Gasteiger partial charge in [0.25, 0.3) is 0 Å². The Bertz CT molecular complexity index is 1040. The van der Waals surface area contributed by atoms with E-state index >= 15 is 0 Å². The normalized spacial score (nSPS) is 15.5. The van der Waals surface area contributed by atoms with Gasteiger partial charge in [-0.3, -0.25) is 0 Å². The largest absolute Gasteiger partial charge is 0.497 e. The van der Waals surface area contributed by atoms with Gasteiger partial charge in [0.2, 0.25) is 0 Å². The van der Waals surface area contributed by atoms with Gasteiger partial charge in [-0.05, 0) is 61.4 Å². The molecule has 170 valence electrons. The number of ether oxygens (including phenoxy) is 4. The second kappa shape index (κ2) is 10.3. The first-order valence-corrected chi connectivity index (χ1v) is 10.4. The van der Waals surface area contributed by atoms with Crippen LogP contribution in [0.25, 0.3) is 5.70 Å². The lowest BCUT2D eigenvalue weighted by atomic mass is 9.92. The maximum atomic E-state index is 13.0. The zero-order chi connectivity index (χ0) is 23.3. The van der Waals surface area contributed by atoms with Crippen molar-refractivity contribution in [1.82, 2.24) is 10.6 Å². The van der Waals surface area contributed by atoms with Crippen molar-refractivity contribution < 1.29 is 28.5 Å². The van der Waals surface area contributed by atoms with Crippen molar-refractivity contribution in [3.63, 3.8) is 0 Å². The number of nitrogens with one attached hydrogen (secondary N) is 2. The summed E-state index contributed by atoms with van der Waals surface area (Å²) in [4.78, 5) is 25.6. The number of esters is 1. The molecule has 0 aromatic heterocycles. The van der Waals surface area contributed by atoms with E-state index in [1.807, 2.05) is 6.92 Å². The molecule has 2 aromatic carbocycles. The maximum Gasteiger partial charge on any atom is 0.338 e. The molecule has 8 nitrogen and oxygen atoms in total. The summed E-state index contributed by atoms with van der Waals surface area (Å²) in [7, 11) is 3.05. The van der Waals surface area contributed by atoms with Crippen LogP contribution in [0.4, 0.5) is 4.79 Å². The highest BCUT2D eigenvalue weighted by Crippen LogP contribution is 2.41. The maximum absolute atomic E-state index is 13.0. The van der Waals surface area contributed by atoms with E-state index in [1.165, 1.54) is 7.11 Å². The summed E-state index contributed by atoms with van der Waals surface area (Å²) in [6.07, 6.45) is 0. The van der Waals surface area contributed by atoms with Crippen LogP contribution < -0.4 is 24.8 Å². The third-order valence-electron chi connectivity index (χ3n) is 4.82. The number of methoxy groups -OCH3 is 2. The quantitative estimate of drug-likeness (QED) is 0.576. The Labute approximate surface area is 191 Å². The summed E-state index contributed by atoms with van der Waals surface area (Å²) in [5.41, 5.74) is 1.74. The van der Waals surface area contributed by atoms with E-state index in [1.54, 1.807) is 50.4 Å². The van der Waals surface area contributed by atoms with Crippen molar-refractivity contribution in [2.75, 3.05) is 27.4 Å². The minimum Gasteiger partial charge on any atom is -0.497 e. The van der Waals surface area contributed by atoms with Gasteiger partial charge in [-0.25, -0.2) is 9.59 Å². The highest BCUT2D eigenvalue weighted by molar-refractivity contribution is 6.32. The van der Waals surface area contributed by atoms with Gasteiger partial charge in [-0.2, -0.15) is 0 Å². The van der Waals surface area contributed by atoms with Gasteiger partial charge >= 0.3 is 12.0 Å². The van der Waals surface area contributed by atoms with Crippen molar-refractivity contribution in [3.8, 4) is 17.2 Å². The number of hydrogen-bond acceptors (Lipinski definition) is 6. The van der Waals surface area contributed by atoms with E-state index < -0.39 is 18.0 Å². The van der Waals surface area contributed by atoms with E-state index in [0.717, 1.165) is 0 Å². The Hall–Kier alpha value is -3.39. The predicted octanol–water partition coefficient (Wildman–Crippen LogP) is 4.08. The van der Waals surface area contributed by atoms with Crippen LogP contribution in [-0.4, -0.2) is 39.4 Å². The molecule has 0 saturated heterocycles. The standard InChI is InChI=1S/C23H25ClN2O6/c1-5-31-17-12-14(11-16(24)21(17)30-4)20-18(22(27)32-6-2)19(25-23(28)26-20)13-7-9-15(29-3)10-8-13/h7-12,20H,5-6H2,1-4H3,(H2,25,26,28). The summed E-state index contributed by atoms with van der Waals surface area (Å²) in [6, 6.07) is 9.00. The fourth-order valence-electron chi connectivity index (χ4n) is 3.44.